The van der Waals surface area contributed by atoms with Gasteiger partial charge in [-0.1, -0.05) is 26.0 Å². The number of hydrogen-bond donors (Lipinski definition) is 2. The average Bonchev–Trinajstić information content (AvgIpc) is 3.02. The fraction of sp³-hybridized carbons (Fsp3) is 0.348. The Morgan fingerprint density at radius 2 is 1.72 bits per heavy atom. The third-order valence-corrected chi connectivity index (χ3v) is 5.40. The number of hydrogen-bond acceptors (Lipinski definition) is 6. The first-order valence-electron chi connectivity index (χ1n) is 10.3. The van der Waals surface area contributed by atoms with Crippen molar-refractivity contribution in [2.45, 2.75) is 26.3 Å². The number of nitrogens with zero attached hydrogens (tertiary/aromatic N) is 4. The Labute approximate surface area is 172 Å². The molecule has 1 aliphatic rings. The van der Waals surface area contributed by atoms with Crippen molar-refractivity contribution in [2.75, 3.05) is 29.9 Å². The Bertz CT molecular complexity index is 910. The molecule has 1 aromatic carbocycles. The highest BCUT2D eigenvalue weighted by atomic mass is 15.3. The first-order chi connectivity index (χ1) is 14.2. The summed E-state index contributed by atoms with van der Waals surface area (Å²) in [6.07, 6.45) is 6.56. The van der Waals surface area contributed by atoms with E-state index < -0.39 is 0 Å². The standard InChI is InChI=1S/C23H28N6/c1-17(2)21-10-15-29(16-14-25-21)23-26-13-9-22(28-23)27-20-5-3-18(4-6-20)19-7-11-24-12-8-19/h3-9,11-13,17,21,25H,10,14-16H2,1-2H3,(H,26,27,28). The van der Waals surface area contributed by atoms with Crippen LogP contribution < -0.4 is 15.5 Å². The van der Waals surface area contributed by atoms with Crippen molar-refractivity contribution in [3.05, 3.63) is 61.1 Å². The Balaban J connectivity index is 1.44. The highest BCUT2D eigenvalue weighted by Gasteiger charge is 2.20. The Hall–Kier alpha value is -2.99. The summed E-state index contributed by atoms with van der Waals surface area (Å²) < 4.78 is 0. The summed E-state index contributed by atoms with van der Waals surface area (Å²) in [6, 6.07) is 14.8. The molecule has 4 rings (SSSR count). The third kappa shape index (κ3) is 4.90. The highest BCUT2D eigenvalue weighted by Crippen LogP contribution is 2.23. The van der Waals surface area contributed by atoms with Crippen molar-refractivity contribution in [3.63, 3.8) is 0 Å². The first-order valence-corrected chi connectivity index (χ1v) is 10.3. The normalized spacial score (nSPS) is 17.2. The summed E-state index contributed by atoms with van der Waals surface area (Å²) in [5.41, 5.74) is 3.33. The van der Waals surface area contributed by atoms with Gasteiger partial charge in [0.05, 0.1) is 0 Å². The van der Waals surface area contributed by atoms with Gasteiger partial charge in [0.1, 0.15) is 5.82 Å². The van der Waals surface area contributed by atoms with Crippen LogP contribution in [-0.4, -0.2) is 40.6 Å². The van der Waals surface area contributed by atoms with Crippen molar-refractivity contribution < 1.29 is 0 Å². The molecule has 0 aliphatic carbocycles. The van der Waals surface area contributed by atoms with Crippen LogP contribution in [0.25, 0.3) is 11.1 Å². The molecule has 150 valence electrons. The zero-order valence-corrected chi connectivity index (χ0v) is 17.0. The summed E-state index contributed by atoms with van der Waals surface area (Å²) >= 11 is 0. The minimum atomic E-state index is 0.556. The fourth-order valence-corrected chi connectivity index (χ4v) is 3.67. The third-order valence-electron chi connectivity index (χ3n) is 5.40. The molecule has 1 atom stereocenters. The van der Waals surface area contributed by atoms with Crippen LogP contribution in [0.1, 0.15) is 20.3 Å². The van der Waals surface area contributed by atoms with Gasteiger partial charge in [0, 0.05) is 50.0 Å². The number of rotatable bonds is 5. The fourth-order valence-electron chi connectivity index (χ4n) is 3.67. The molecule has 1 aliphatic heterocycles. The van der Waals surface area contributed by atoms with Crippen molar-refractivity contribution in [2.24, 2.45) is 5.92 Å². The molecule has 6 heteroatoms. The van der Waals surface area contributed by atoms with Gasteiger partial charge in [-0.3, -0.25) is 4.98 Å². The predicted molar refractivity (Wildman–Crippen MR) is 118 cm³/mol. The maximum atomic E-state index is 4.75. The molecule has 1 fully saturated rings. The molecule has 1 unspecified atom stereocenters. The zero-order valence-electron chi connectivity index (χ0n) is 17.0. The molecule has 0 radical (unpaired) electrons. The molecule has 0 bridgehead atoms. The second-order valence-corrected chi connectivity index (χ2v) is 7.76. The summed E-state index contributed by atoms with van der Waals surface area (Å²) in [6.45, 7) is 7.40. The Morgan fingerprint density at radius 3 is 2.48 bits per heavy atom. The molecule has 3 aromatic rings. The smallest absolute Gasteiger partial charge is 0.227 e. The summed E-state index contributed by atoms with van der Waals surface area (Å²) in [5, 5.41) is 7.04. The molecule has 2 N–H and O–H groups in total. The number of anilines is 3. The van der Waals surface area contributed by atoms with Gasteiger partial charge in [-0.05, 0) is 53.8 Å². The van der Waals surface area contributed by atoms with Crippen LogP contribution in [0, 0.1) is 5.92 Å². The van der Waals surface area contributed by atoms with E-state index in [2.05, 4.69) is 63.6 Å². The number of benzene rings is 1. The monoisotopic (exact) mass is 388 g/mol. The van der Waals surface area contributed by atoms with Crippen molar-refractivity contribution in [1.29, 1.82) is 0 Å². The summed E-state index contributed by atoms with van der Waals surface area (Å²) in [7, 11) is 0. The van der Waals surface area contributed by atoms with Crippen molar-refractivity contribution in [3.8, 4) is 11.1 Å². The molecule has 6 nitrogen and oxygen atoms in total. The molecule has 1 saturated heterocycles. The van der Waals surface area contributed by atoms with Crippen LogP contribution in [0.5, 0.6) is 0 Å². The maximum absolute atomic E-state index is 4.75. The molecular weight excluding hydrogens is 360 g/mol. The topological polar surface area (TPSA) is 66.0 Å². The van der Waals surface area contributed by atoms with Crippen LogP contribution in [0.3, 0.4) is 0 Å². The van der Waals surface area contributed by atoms with Crippen LogP contribution in [0.2, 0.25) is 0 Å². The SMILES string of the molecule is CC(C)C1CCN(c2nccc(Nc3ccc(-c4ccncc4)cc3)n2)CCN1. The van der Waals surface area contributed by atoms with E-state index >= 15 is 0 Å². The van der Waals surface area contributed by atoms with E-state index in [-0.39, 0.29) is 0 Å². The summed E-state index contributed by atoms with van der Waals surface area (Å²) in [4.78, 5) is 15.6. The van der Waals surface area contributed by atoms with Crippen LogP contribution in [0.4, 0.5) is 17.5 Å². The van der Waals surface area contributed by atoms with Gasteiger partial charge in [0.15, 0.2) is 0 Å². The van der Waals surface area contributed by atoms with Crippen LogP contribution in [-0.2, 0) is 0 Å². The van der Waals surface area contributed by atoms with Crippen molar-refractivity contribution in [1.82, 2.24) is 20.3 Å². The van der Waals surface area contributed by atoms with Gasteiger partial charge < -0.3 is 15.5 Å². The lowest BCUT2D eigenvalue weighted by Crippen LogP contribution is -2.34. The maximum Gasteiger partial charge on any atom is 0.227 e. The van der Waals surface area contributed by atoms with Gasteiger partial charge in [-0.2, -0.15) is 4.98 Å². The molecular formula is C23H28N6. The van der Waals surface area contributed by atoms with Crippen LogP contribution in [0.15, 0.2) is 61.1 Å². The highest BCUT2D eigenvalue weighted by molar-refractivity contribution is 5.67. The van der Waals surface area contributed by atoms with E-state index in [0.717, 1.165) is 54.6 Å². The molecule has 0 saturated carbocycles. The Kier molecular flexibility index (Phi) is 6.00. The predicted octanol–water partition coefficient (Wildman–Crippen LogP) is 4.11. The van der Waals surface area contributed by atoms with Gasteiger partial charge in [0.2, 0.25) is 5.95 Å². The van der Waals surface area contributed by atoms with Gasteiger partial charge in [-0.15, -0.1) is 0 Å². The van der Waals surface area contributed by atoms with E-state index in [1.807, 2.05) is 36.8 Å². The lowest BCUT2D eigenvalue weighted by Gasteiger charge is -2.21. The Morgan fingerprint density at radius 1 is 0.966 bits per heavy atom. The van der Waals surface area contributed by atoms with Gasteiger partial charge >= 0.3 is 0 Å². The second-order valence-electron chi connectivity index (χ2n) is 7.76. The molecule has 29 heavy (non-hydrogen) atoms. The number of nitrogens with one attached hydrogen (secondary N) is 2. The zero-order chi connectivity index (χ0) is 20.1. The van der Waals surface area contributed by atoms with Gasteiger partial charge in [-0.25, -0.2) is 4.98 Å². The molecule has 3 heterocycles. The van der Waals surface area contributed by atoms with E-state index in [1.165, 1.54) is 0 Å². The number of pyridine rings is 1. The van der Waals surface area contributed by atoms with Crippen LogP contribution >= 0.6 is 0 Å². The lowest BCUT2D eigenvalue weighted by molar-refractivity contribution is 0.403. The van der Waals surface area contributed by atoms with E-state index in [1.54, 1.807) is 0 Å². The molecule has 0 amide bonds. The van der Waals surface area contributed by atoms with Gasteiger partial charge in [0.25, 0.3) is 0 Å². The van der Waals surface area contributed by atoms with E-state index in [0.29, 0.717) is 12.0 Å². The summed E-state index contributed by atoms with van der Waals surface area (Å²) in [5.74, 6) is 2.23. The first kappa shape index (κ1) is 19.3. The largest absolute Gasteiger partial charge is 0.340 e. The minimum absolute atomic E-state index is 0.556. The average molecular weight is 389 g/mol. The molecule has 2 aromatic heterocycles. The van der Waals surface area contributed by atoms with Crippen molar-refractivity contribution >= 4 is 17.5 Å². The van der Waals surface area contributed by atoms with E-state index in [9.17, 15) is 0 Å². The second kappa shape index (κ2) is 9.01. The minimum Gasteiger partial charge on any atom is -0.340 e. The lowest BCUT2D eigenvalue weighted by atomic mass is 10.0. The quantitative estimate of drug-likeness (QED) is 0.686. The van der Waals surface area contributed by atoms with E-state index in [4.69, 9.17) is 4.98 Å². The number of aromatic nitrogens is 3. The molecule has 0 spiro atoms.